The van der Waals surface area contributed by atoms with Crippen LogP contribution < -0.4 is 10.6 Å². The minimum atomic E-state index is 0.256. The van der Waals surface area contributed by atoms with E-state index in [-0.39, 0.29) is 6.04 Å². The van der Waals surface area contributed by atoms with Gasteiger partial charge >= 0.3 is 0 Å². The van der Waals surface area contributed by atoms with E-state index in [4.69, 9.17) is 0 Å². The van der Waals surface area contributed by atoms with Crippen LogP contribution in [-0.2, 0) is 19.5 Å². The first-order valence-corrected chi connectivity index (χ1v) is 7.87. The normalized spacial score (nSPS) is 15.5. The molecule has 2 aromatic rings. The second-order valence-corrected chi connectivity index (χ2v) is 6.13. The average Bonchev–Trinajstić information content (AvgIpc) is 2.76. The highest BCUT2D eigenvalue weighted by Crippen LogP contribution is 2.21. The van der Waals surface area contributed by atoms with Crippen molar-refractivity contribution in [1.29, 1.82) is 0 Å². The van der Waals surface area contributed by atoms with E-state index in [0.29, 0.717) is 0 Å². The quantitative estimate of drug-likeness (QED) is 0.900. The van der Waals surface area contributed by atoms with Gasteiger partial charge in [0, 0.05) is 23.8 Å². The summed E-state index contributed by atoms with van der Waals surface area (Å²) in [5.41, 5.74) is 4.63. The number of hydrogen-bond donors (Lipinski definition) is 2. The second-order valence-electron chi connectivity index (χ2n) is 6.13. The van der Waals surface area contributed by atoms with E-state index >= 15 is 0 Å². The van der Waals surface area contributed by atoms with Crippen molar-refractivity contribution in [1.82, 2.24) is 25.1 Å². The van der Waals surface area contributed by atoms with Crippen LogP contribution in [0.25, 0.3) is 0 Å². The Balaban J connectivity index is 1.78. The van der Waals surface area contributed by atoms with Crippen LogP contribution in [-0.4, -0.2) is 32.3 Å². The first-order valence-electron chi connectivity index (χ1n) is 7.87. The fraction of sp³-hybridized carbons (Fsp3) is 0.562. The van der Waals surface area contributed by atoms with Crippen LogP contribution in [0.15, 0.2) is 6.07 Å². The van der Waals surface area contributed by atoms with Gasteiger partial charge in [-0.25, -0.2) is 9.97 Å². The third-order valence-electron chi connectivity index (χ3n) is 3.98. The lowest BCUT2D eigenvalue weighted by atomic mass is 10.1. The predicted molar refractivity (Wildman–Crippen MR) is 87.0 cm³/mol. The molecule has 0 fully saturated rings. The summed E-state index contributed by atoms with van der Waals surface area (Å²) >= 11 is 0. The molecule has 3 heterocycles. The Labute approximate surface area is 131 Å². The number of rotatable bonds is 4. The van der Waals surface area contributed by atoms with Gasteiger partial charge in [-0.05, 0) is 46.7 Å². The van der Waals surface area contributed by atoms with Crippen LogP contribution in [0.3, 0.4) is 0 Å². The Hall–Kier alpha value is -1.95. The maximum atomic E-state index is 4.62. The molecule has 6 nitrogen and oxygen atoms in total. The number of nitrogens with one attached hydrogen (secondary N) is 2. The van der Waals surface area contributed by atoms with Gasteiger partial charge in [0.2, 0.25) is 0 Å². The fourth-order valence-corrected chi connectivity index (χ4v) is 3.00. The molecule has 0 radical (unpaired) electrons. The summed E-state index contributed by atoms with van der Waals surface area (Å²) in [5, 5.41) is 11.5. The standard InChI is InChI=1S/C16H24N6/c1-10-7-12(3)22(21-10)9-11(2)18-16-14-5-6-17-8-15(14)19-13(4)20-16/h7,11,17H,5-6,8-9H2,1-4H3,(H,18,19,20). The number of anilines is 1. The van der Waals surface area contributed by atoms with Crippen LogP contribution in [0.2, 0.25) is 0 Å². The molecule has 0 amide bonds. The molecule has 2 N–H and O–H groups in total. The minimum Gasteiger partial charge on any atom is -0.365 e. The van der Waals surface area contributed by atoms with Gasteiger partial charge in [-0.2, -0.15) is 5.10 Å². The first kappa shape index (κ1) is 15.0. The Morgan fingerprint density at radius 1 is 1.32 bits per heavy atom. The van der Waals surface area contributed by atoms with Crippen molar-refractivity contribution in [3.8, 4) is 0 Å². The molecular formula is C16H24N6. The molecule has 0 aliphatic carbocycles. The van der Waals surface area contributed by atoms with Crippen LogP contribution in [0.5, 0.6) is 0 Å². The first-order chi connectivity index (χ1) is 10.5. The maximum Gasteiger partial charge on any atom is 0.133 e. The van der Waals surface area contributed by atoms with Gasteiger partial charge in [0.05, 0.1) is 17.9 Å². The Kier molecular flexibility index (Phi) is 4.11. The monoisotopic (exact) mass is 300 g/mol. The van der Waals surface area contributed by atoms with Gasteiger partial charge in [-0.3, -0.25) is 4.68 Å². The lowest BCUT2D eigenvalue weighted by molar-refractivity contribution is 0.542. The van der Waals surface area contributed by atoms with Crippen LogP contribution in [0.4, 0.5) is 5.82 Å². The second kappa shape index (κ2) is 6.04. The molecule has 118 valence electrons. The number of hydrogen-bond acceptors (Lipinski definition) is 5. The summed E-state index contributed by atoms with van der Waals surface area (Å²) in [6.07, 6.45) is 0.977. The van der Waals surface area contributed by atoms with Crippen molar-refractivity contribution in [2.24, 2.45) is 0 Å². The molecule has 0 bridgehead atoms. The van der Waals surface area contributed by atoms with Crippen LogP contribution in [0.1, 0.15) is 35.4 Å². The van der Waals surface area contributed by atoms with Crippen molar-refractivity contribution in [2.75, 3.05) is 11.9 Å². The van der Waals surface area contributed by atoms with Crippen molar-refractivity contribution in [3.63, 3.8) is 0 Å². The topological polar surface area (TPSA) is 67.7 Å². The highest BCUT2D eigenvalue weighted by atomic mass is 15.3. The molecule has 1 aliphatic heterocycles. The van der Waals surface area contributed by atoms with Crippen LogP contribution >= 0.6 is 0 Å². The molecule has 0 saturated heterocycles. The van der Waals surface area contributed by atoms with E-state index in [1.807, 2.05) is 13.8 Å². The molecule has 1 atom stereocenters. The molecule has 0 aromatic carbocycles. The third kappa shape index (κ3) is 3.11. The molecule has 1 unspecified atom stereocenters. The number of nitrogens with zero attached hydrogens (tertiary/aromatic N) is 4. The zero-order valence-corrected chi connectivity index (χ0v) is 13.8. The highest BCUT2D eigenvalue weighted by molar-refractivity contribution is 5.48. The van der Waals surface area contributed by atoms with Crippen LogP contribution in [0, 0.1) is 20.8 Å². The van der Waals surface area contributed by atoms with Crippen molar-refractivity contribution >= 4 is 5.82 Å². The lowest BCUT2D eigenvalue weighted by Gasteiger charge is -2.23. The molecular weight excluding hydrogens is 276 g/mol. The summed E-state index contributed by atoms with van der Waals surface area (Å²) in [5.74, 6) is 1.81. The maximum absolute atomic E-state index is 4.62. The zero-order chi connectivity index (χ0) is 15.7. The Morgan fingerprint density at radius 2 is 2.14 bits per heavy atom. The molecule has 0 saturated carbocycles. The molecule has 1 aliphatic rings. The van der Waals surface area contributed by atoms with Gasteiger partial charge in [0.15, 0.2) is 0 Å². The van der Waals surface area contributed by atoms with E-state index in [0.717, 1.165) is 49.1 Å². The highest BCUT2D eigenvalue weighted by Gasteiger charge is 2.18. The number of aryl methyl sites for hydroxylation is 3. The van der Waals surface area contributed by atoms with E-state index in [2.05, 4.69) is 50.3 Å². The third-order valence-corrected chi connectivity index (χ3v) is 3.98. The van der Waals surface area contributed by atoms with Crippen molar-refractivity contribution in [3.05, 3.63) is 34.5 Å². The Morgan fingerprint density at radius 3 is 2.86 bits per heavy atom. The predicted octanol–water partition coefficient (Wildman–Crippen LogP) is 1.74. The van der Waals surface area contributed by atoms with E-state index in [9.17, 15) is 0 Å². The van der Waals surface area contributed by atoms with Gasteiger partial charge in [0.1, 0.15) is 11.6 Å². The zero-order valence-electron chi connectivity index (χ0n) is 13.8. The molecule has 2 aromatic heterocycles. The van der Waals surface area contributed by atoms with Gasteiger partial charge in [0.25, 0.3) is 0 Å². The molecule has 6 heteroatoms. The largest absolute Gasteiger partial charge is 0.365 e. The summed E-state index contributed by atoms with van der Waals surface area (Å²) in [6.45, 7) is 10.9. The number of aromatic nitrogens is 4. The number of fused-ring (bicyclic) bond motifs is 1. The van der Waals surface area contributed by atoms with E-state index < -0.39 is 0 Å². The average molecular weight is 300 g/mol. The smallest absolute Gasteiger partial charge is 0.133 e. The van der Waals surface area contributed by atoms with E-state index in [1.54, 1.807) is 0 Å². The SMILES string of the molecule is Cc1cc(C)n(CC(C)Nc2nc(C)nc3c2CCNC3)n1. The summed E-state index contributed by atoms with van der Waals surface area (Å²) in [7, 11) is 0. The molecule has 22 heavy (non-hydrogen) atoms. The van der Waals surface area contributed by atoms with Gasteiger partial charge < -0.3 is 10.6 Å². The van der Waals surface area contributed by atoms with Gasteiger partial charge in [-0.1, -0.05) is 0 Å². The molecule has 0 spiro atoms. The summed E-state index contributed by atoms with van der Waals surface area (Å²) in [6, 6.07) is 2.36. The van der Waals surface area contributed by atoms with Crippen molar-refractivity contribution < 1.29 is 0 Å². The summed E-state index contributed by atoms with van der Waals surface area (Å²) < 4.78 is 2.05. The van der Waals surface area contributed by atoms with E-state index in [1.165, 1.54) is 11.3 Å². The lowest BCUT2D eigenvalue weighted by Crippen LogP contribution is -2.29. The molecule has 3 rings (SSSR count). The minimum absolute atomic E-state index is 0.256. The van der Waals surface area contributed by atoms with Gasteiger partial charge in [-0.15, -0.1) is 0 Å². The van der Waals surface area contributed by atoms with Crippen molar-refractivity contribution in [2.45, 2.75) is 53.2 Å². The Bertz CT molecular complexity index is 676. The fourth-order valence-electron chi connectivity index (χ4n) is 3.00. The summed E-state index contributed by atoms with van der Waals surface area (Å²) in [4.78, 5) is 9.17.